The minimum absolute atomic E-state index is 0.186. The molecule has 0 radical (unpaired) electrons. The molecule has 1 aliphatic heterocycles. The predicted octanol–water partition coefficient (Wildman–Crippen LogP) is 2.33. The fourth-order valence-electron chi connectivity index (χ4n) is 2.42. The van der Waals surface area contributed by atoms with Crippen LogP contribution in [0, 0.1) is 0 Å². The van der Waals surface area contributed by atoms with Gasteiger partial charge in [0.05, 0.1) is 0 Å². The molecule has 1 saturated heterocycles. The molecule has 0 bridgehead atoms. The van der Waals surface area contributed by atoms with Crippen LogP contribution in [0.25, 0.3) is 0 Å². The SMILES string of the molecule is C=CCCCN(C)C(=O)N1CCCCC1(C)C(=O)O. The minimum Gasteiger partial charge on any atom is -0.480 e. The molecule has 1 atom stereocenters. The maximum absolute atomic E-state index is 12.4. The monoisotopic (exact) mass is 268 g/mol. The molecule has 1 heterocycles. The third-order valence-electron chi connectivity index (χ3n) is 3.81. The number of hydrogen-bond donors (Lipinski definition) is 1. The molecular formula is C14H24N2O3. The first-order valence-electron chi connectivity index (χ1n) is 6.80. The van der Waals surface area contributed by atoms with Crippen molar-refractivity contribution in [1.82, 2.24) is 9.80 Å². The fourth-order valence-corrected chi connectivity index (χ4v) is 2.42. The molecule has 0 saturated carbocycles. The van der Waals surface area contributed by atoms with Gasteiger partial charge < -0.3 is 14.9 Å². The van der Waals surface area contributed by atoms with Gasteiger partial charge in [-0.2, -0.15) is 0 Å². The zero-order chi connectivity index (χ0) is 14.5. The number of carboxylic acids is 1. The lowest BCUT2D eigenvalue weighted by atomic mass is 9.89. The van der Waals surface area contributed by atoms with E-state index in [0.717, 1.165) is 25.7 Å². The van der Waals surface area contributed by atoms with Crippen molar-refractivity contribution >= 4 is 12.0 Å². The summed E-state index contributed by atoms with van der Waals surface area (Å²) in [7, 11) is 1.72. The highest BCUT2D eigenvalue weighted by Gasteiger charge is 2.44. The summed E-state index contributed by atoms with van der Waals surface area (Å²) in [5.41, 5.74) is -1.07. The van der Waals surface area contributed by atoms with E-state index in [2.05, 4.69) is 6.58 Å². The lowest BCUT2D eigenvalue weighted by Gasteiger charge is -2.43. The van der Waals surface area contributed by atoms with Gasteiger partial charge in [-0.25, -0.2) is 9.59 Å². The molecule has 19 heavy (non-hydrogen) atoms. The van der Waals surface area contributed by atoms with Crippen molar-refractivity contribution in [1.29, 1.82) is 0 Å². The highest BCUT2D eigenvalue weighted by Crippen LogP contribution is 2.29. The first kappa shape index (κ1) is 15.5. The lowest BCUT2D eigenvalue weighted by Crippen LogP contribution is -2.60. The summed E-state index contributed by atoms with van der Waals surface area (Å²) < 4.78 is 0. The Morgan fingerprint density at radius 3 is 2.74 bits per heavy atom. The number of carbonyl (C=O) groups excluding carboxylic acids is 1. The average molecular weight is 268 g/mol. The standard InChI is InChI=1S/C14H24N2O3/c1-4-5-7-10-15(3)13(19)16-11-8-6-9-14(16,2)12(17)18/h4H,1,5-11H2,2-3H3,(H,17,18). The second-order valence-corrected chi connectivity index (χ2v) is 5.32. The molecule has 0 aliphatic carbocycles. The lowest BCUT2D eigenvalue weighted by molar-refractivity contribution is -0.150. The highest BCUT2D eigenvalue weighted by atomic mass is 16.4. The first-order chi connectivity index (χ1) is 8.93. The van der Waals surface area contributed by atoms with Crippen LogP contribution >= 0.6 is 0 Å². The van der Waals surface area contributed by atoms with Crippen LogP contribution < -0.4 is 0 Å². The number of carbonyl (C=O) groups is 2. The van der Waals surface area contributed by atoms with Crippen molar-refractivity contribution in [2.24, 2.45) is 0 Å². The van der Waals surface area contributed by atoms with E-state index in [4.69, 9.17) is 0 Å². The highest BCUT2D eigenvalue weighted by molar-refractivity contribution is 5.86. The summed E-state index contributed by atoms with van der Waals surface area (Å²) >= 11 is 0. The summed E-state index contributed by atoms with van der Waals surface area (Å²) in [6.07, 6.45) is 5.77. The van der Waals surface area contributed by atoms with Crippen LogP contribution in [0.5, 0.6) is 0 Å². The number of urea groups is 1. The third kappa shape index (κ3) is 3.49. The van der Waals surface area contributed by atoms with E-state index in [1.165, 1.54) is 4.90 Å². The number of hydrogen-bond acceptors (Lipinski definition) is 2. The Morgan fingerprint density at radius 2 is 2.16 bits per heavy atom. The molecule has 108 valence electrons. The Balaban J connectivity index is 2.72. The Labute approximate surface area is 114 Å². The van der Waals surface area contributed by atoms with E-state index in [0.29, 0.717) is 19.5 Å². The van der Waals surface area contributed by atoms with Crippen LogP contribution in [0.3, 0.4) is 0 Å². The van der Waals surface area contributed by atoms with Gasteiger partial charge in [0.15, 0.2) is 0 Å². The number of carboxylic acid groups (broad SMARTS) is 1. The van der Waals surface area contributed by atoms with Crippen LogP contribution in [0.15, 0.2) is 12.7 Å². The molecule has 0 spiro atoms. The van der Waals surface area contributed by atoms with Crippen LogP contribution in [0.4, 0.5) is 4.79 Å². The fraction of sp³-hybridized carbons (Fsp3) is 0.714. The molecular weight excluding hydrogens is 244 g/mol. The van der Waals surface area contributed by atoms with Gasteiger partial charge in [0.2, 0.25) is 0 Å². The first-order valence-corrected chi connectivity index (χ1v) is 6.80. The Hall–Kier alpha value is -1.52. The van der Waals surface area contributed by atoms with E-state index >= 15 is 0 Å². The number of amides is 2. The molecule has 1 rings (SSSR count). The van der Waals surface area contributed by atoms with Crippen molar-refractivity contribution in [2.45, 2.75) is 44.6 Å². The van der Waals surface area contributed by atoms with Crippen LogP contribution in [-0.2, 0) is 4.79 Å². The van der Waals surface area contributed by atoms with E-state index in [1.807, 2.05) is 6.08 Å². The minimum atomic E-state index is -1.07. The Kier molecular flexibility index (Phi) is 5.39. The van der Waals surface area contributed by atoms with Crippen molar-refractivity contribution in [3.05, 3.63) is 12.7 Å². The smallest absolute Gasteiger partial charge is 0.329 e. The molecule has 1 fully saturated rings. The van der Waals surface area contributed by atoms with Gasteiger partial charge in [0.25, 0.3) is 0 Å². The topological polar surface area (TPSA) is 60.9 Å². The molecule has 1 aliphatic rings. The molecule has 2 amide bonds. The quantitative estimate of drug-likeness (QED) is 0.615. The van der Waals surface area contributed by atoms with Gasteiger partial charge in [-0.1, -0.05) is 6.08 Å². The van der Waals surface area contributed by atoms with Gasteiger partial charge in [-0.05, 0) is 39.0 Å². The summed E-state index contributed by atoms with van der Waals surface area (Å²) in [5.74, 6) is -0.917. The summed E-state index contributed by atoms with van der Waals surface area (Å²) in [5, 5.41) is 9.39. The average Bonchev–Trinajstić information content (AvgIpc) is 2.38. The molecule has 5 heteroatoms. The normalized spacial score (nSPS) is 22.9. The van der Waals surface area contributed by atoms with Gasteiger partial charge in [0.1, 0.15) is 5.54 Å². The number of rotatable bonds is 5. The number of allylic oxidation sites excluding steroid dienone is 1. The van der Waals surface area contributed by atoms with Crippen molar-refractivity contribution in [3.8, 4) is 0 Å². The summed E-state index contributed by atoms with van der Waals surface area (Å²) in [6, 6.07) is -0.186. The second kappa shape index (κ2) is 6.59. The van der Waals surface area contributed by atoms with Crippen molar-refractivity contribution in [3.63, 3.8) is 0 Å². The van der Waals surface area contributed by atoms with Gasteiger partial charge in [-0.3, -0.25) is 0 Å². The molecule has 1 unspecified atom stereocenters. The number of unbranched alkanes of at least 4 members (excludes halogenated alkanes) is 1. The molecule has 0 aromatic heterocycles. The van der Waals surface area contributed by atoms with E-state index in [-0.39, 0.29) is 6.03 Å². The van der Waals surface area contributed by atoms with Crippen LogP contribution in [0.1, 0.15) is 39.0 Å². The molecule has 0 aromatic carbocycles. The zero-order valence-corrected chi connectivity index (χ0v) is 11.9. The summed E-state index contributed by atoms with van der Waals surface area (Å²) in [4.78, 5) is 26.9. The van der Waals surface area contributed by atoms with E-state index in [9.17, 15) is 14.7 Å². The number of aliphatic carboxylic acids is 1. The number of nitrogens with zero attached hydrogens (tertiary/aromatic N) is 2. The largest absolute Gasteiger partial charge is 0.480 e. The second-order valence-electron chi connectivity index (χ2n) is 5.32. The molecule has 0 aromatic rings. The molecule has 1 N–H and O–H groups in total. The summed E-state index contributed by atoms with van der Waals surface area (Å²) in [6.45, 7) is 6.43. The maximum atomic E-state index is 12.4. The van der Waals surface area contributed by atoms with E-state index < -0.39 is 11.5 Å². The third-order valence-corrected chi connectivity index (χ3v) is 3.81. The number of piperidine rings is 1. The van der Waals surface area contributed by atoms with Crippen molar-refractivity contribution in [2.75, 3.05) is 20.1 Å². The van der Waals surface area contributed by atoms with E-state index in [1.54, 1.807) is 18.9 Å². The van der Waals surface area contributed by atoms with Crippen LogP contribution in [-0.4, -0.2) is 52.6 Å². The Morgan fingerprint density at radius 1 is 1.47 bits per heavy atom. The van der Waals surface area contributed by atoms with Crippen molar-refractivity contribution < 1.29 is 14.7 Å². The predicted molar refractivity (Wildman–Crippen MR) is 74.1 cm³/mol. The van der Waals surface area contributed by atoms with Gasteiger partial charge in [0, 0.05) is 20.1 Å². The van der Waals surface area contributed by atoms with Gasteiger partial charge >= 0.3 is 12.0 Å². The molecule has 5 nitrogen and oxygen atoms in total. The Bertz CT molecular complexity index is 357. The number of likely N-dealkylation sites (tertiary alicyclic amines) is 1. The van der Waals surface area contributed by atoms with Crippen LogP contribution in [0.2, 0.25) is 0 Å². The maximum Gasteiger partial charge on any atom is 0.329 e. The van der Waals surface area contributed by atoms with Gasteiger partial charge in [-0.15, -0.1) is 6.58 Å². The zero-order valence-electron chi connectivity index (χ0n) is 11.9.